The molecule has 0 aliphatic heterocycles. The molecule has 0 saturated heterocycles. The topological polar surface area (TPSA) is 92.7 Å². The molecule has 0 radical (unpaired) electrons. The molecule has 3 aromatic rings. The smallest absolute Gasteiger partial charge is 0.227 e. The lowest BCUT2D eigenvalue weighted by molar-refractivity contribution is -0.115. The number of benzene rings is 1. The second kappa shape index (κ2) is 7.96. The van der Waals surface area contributed by atoms with Crippen LogP contribution >= 0.6 is 11.3 Å². The Balaban J connectivity index is 1.53. The van der Waals surface area contributed by atoms with E-state index >= 15 is 0 Å². The summed E-state index contributed by atoms with van der Waals surface area (Å²) in [6, 6.07) is 8.18. The van der Waals surface area contributed by atoms with E-state index in [0.717, 1.165) is 22.7 Å². The highest BCUT2D eigenvalue weighted by atomic mass is 32.1. The Labute approximate surface area is 153 Å². The zero-order valence-corrected chi connectivity index (χ0v) is 15.1. The average molecular weight is 372 g/mol. The number of rotatable bonds is 6. The molecule has 3 rings (SSSR count). The number of carbonyl (C=O) groups excluding carboxylic acids is 1. The van der Waals surface area contributed by atoms with Crippen LogP contribution in [0, 0.1) is 19.7 Å². The zero-order chi connectivity index (χ0) is 18.5. The number of nitrogens with zero attached hydrogens (tertiary/aromatic N) is 4. The Hall–Kier alpha value is -2.94. The predicted octanol–water partition coefficient (Wildman–Crippen LogP) is 3.19. The van der Waals surface area contributed by atoms with Crippen LogP contribution in [-0.4, -0.2) is 32.6 Å². The summed E-state index contributed by atoms with van der Waals surface area (Å²) in [6.45, 7) is 4.15. The summed E-state index contributed by atoms with van der Waals surface area (Å²) in [7, 11) is 0. The van der Waals surface area contributed by atoms with Gasteiger partial charge >= 0.3 is 0 Å². The largest absolute Gasteiger partial charge is 0.354 e. The highest BCUT2D eigenvalue weighted by Gasteiger charge is 2.12. The SMILES string of the molecule is Cc1cc(C)nc(NCCC(=O)Nc2nnc(-c3ccccc3F)s2)n1. The van der Waals surface area contributed by atoms with Crippen LogP contribution in [0.3, 0.4) is 0 Å². The first-order chi connectivity index (χ1) is 12.5. The number of amides is 1. The van der Waals surface area contributed by atoms with Gasteiger partial charge < -0.3 is 10.6 Å². The molecule has 1 aromatic carbocycles. The van der Waals surface area contributed by atoms with Crippen molar-refractivity contribution >= 4 is 28.3 Å². The molecule has 7 nitrogen and oxygen atoms in total. The van der Waals surface area contributed by atoms with Gasteiger partial charge in [-0.3, -0.25) is 4.79 Å². The quantitative estimate of drug-likeness (QED) is 0.690. The van der Waals surface area contributed by atoms with E-state index in [1.165, 1.54) is 6.07 Å². The normalized spacial score (nSPS) is 10.6. The first-order valence-corrected chi connectivity index (χ1v) is 8.77. The molecule has 2 N–H and O–H groups in total. The third kappa shape index (κ3) is 4.57. The van der Waals surface area contributed by atoms with Crippen molar-refractivity contribution in [2.24, 2.45) is 0 Å². The van der Waals surface area contributed by atoms with Gasteiger partial charge in [0, 0.05) is 29.9 Å². The number of aryl methyl sites for hydroxylation is 2. The number of nitrogens with one attached hydrogen (secondary N) is 2. The van der Waals surface area contributed by atoms with Gasteiger partial charge in [-0.05, 0) is 32.0 Å². The van der Waals surface area contributed by atoms with Gasteiger partial charge in [-0.1, -0.05) is 23.5 Å². The highest BCUT2D eigenvalue weighted by Crippen LogP contribution is 2.28. The first kappa shape index (κ1) is 17.9. The summed E-state index contributed by atoms with van der Waals surface area (Å²) in [5.41, 5.74) is 2.08. The molecule has 2 aromatic heterocycles. The Morgan fingerprint density at radius 2 is 1.88 bits per heavy atom. The van der Waals surface area contributed by atoms with Crippen molar-refractivity contribution in [1.82, 2.24) is 20.2 Å². The third-order valence-corrected chi connectivity index (χ3v) is 4.27. The molecule has 1 amide bonds. The number of aromatic nitrogens is 4. The molecule has 0 aliphatic carbocycles. The van der Waals surface area contributed by atoms with E-state index in [9.17, 15) is 9.18 Å². The lowest BCUT2D eigenvalue weighted by atomic mass is 10.2. The van der Waals surface area contributed by atoms with Crippen molar-refractivity contribution in [2.75, 3.05) is 17.2 Å². The zero-order valence-electron chi connectivity index (χ0n) is 14.3. The van der Waals surface area contributed by atoms with E-state index in [-0.39, 0.29) is 18.1 Å². The summed E-state index contributed by atoms with van der Waals surface area (Å²) in [5.74, 6) is -0.106. The van der Waals surface area contributed by atoms with Gasteiger partial charge in [0.05, 0.1) is 0 Å². The van der Waals surface area contributed by atoms with E-state index in [2.05, 4.69) is 30.8 Å². The summed E-state index contributed by atoms with van der Waals surface area (Å²) in [6.07, 6.45) is 0.213. The predicted molar refractivity (Wildman–Crippen MR) is 98.5 cm³/mol. The molecule has 26 heavy (non-hydrogen) atoms. The molecule has 0 saturated carbocycles. The first-order valence-electron chi connectivity index (χ1n) is 7.95. The Morgan fingerprint density at radius 3 is 2.62 bits per heavy atom. The van der Waals surface area contributed by atoms with Gasteiger partial charge in [0.2, 0.25) is 17.0 Å². The van der Waals surface area contributed by atoms with Gasteiger partial charge in [-0.25, -0.2) is 14.4 Å². The van der Waals surface area contributed by atoms with E-state index < -0.39 is 0 Å². The van der Waals surface area contributed by atoms with Crippen LogP contribution in [0.2, 0.25) is 0 Å². The molecule has 0 aliphatic rings. The van der Waals surface area contributed by atoms with E-state index in [1.807, 2.05) is 19.9 Å². The van der Waals surface area contributed by atoms with Gasteiger partial charge in [0.1, 0.15) is 5.82 Å². The minimum atomic E-state index is -0.376. The van der Waals surface area contributed by atoms with Crippen molar-refractivity contribution in [2.45, 2.75) is 20.3 Å². The molecule has 0 fully saturated rings. The maximum Gasteiger partial charge on any atom is 0.227 e. The summed E-state index contributed by atoms with van der Waals surface area (Å²) >= 11 is 1.12. The number of carbonyl (C=O) groups is 1. The lowest BCUT2D eigenvalue weighted by Gasteiger charge is -2.06. The number of hydrogen-bond acceptors (Lipinski definition) is 7. The summed E-state index contributed by atoms with van der Waals surface area (Å²) < 4.78 is 13.8. The van der Waals surface area contributed by atoms with Crippen molar-refractivity contribution in [1.29, 1.82) is 0 Å². The molecular formula is C17H17FN6OS. The molecule has 9 heteroatoms. The number of halogens is 1. The Morgan fingerprint density at radius 1 is 1.15 bits per heavy atom. The van der Waals surface area contributed by atoms with E-state index in [0.29, 0.717) is 28.2 Å². The van der Waals surface area contributed by atoms with Crippen LogP contribution in [0.1, 0.15) is 17.8 Å². The van der Waals surface area contributed by atoms with Crippen molar-refractivity contribution in [3.05, 3.63) is 47.5 Å². The minimum absolute atomic E-state index is 0.213. The summed E-state index contributed by atoms with van der Waals surface area (Å²) in [4.78, 5) is 20.5. The third-order valence-electron chi connectivity index (χ3n) is 3.39. The molecule has 2 heterocycles. The van der Waals surface area contributed by atoms with Crippen LogP contribution < -0.4 is 10.6 Å². The van der Waals surface area contributed by atoms with Crippen molar-refractivity contribution < 1.29 is 9.18 Å². The van der Waals surface area contributed by atoms with Crippen molar-refractivity contribution in [3.8, 4) is 10.6 Å². The van der Waals surface area contributed by atoms with Crippen LogP contribution in [0.4, 0.5) is 15.5 Å². The monoisotopic (exact) mass is 372 g/mol. The summed E-state index contributed by atoms with van der Waals surface area (Å²) in [5, 5.41) is 14.2. The standard InChI is InChI=1S/C17H17FN6OS/c1-10-9-11(2)21-16(20-10)19-8-7-14(25)22-17-24-23-15(26-17)12-5-3-4-6-13(12)18/h3-6,9H,7-8H2,1-2H3,(H,19,20,21)(H,22,24,25). The number of anilines is 2. The van der Waals surface area contributed by atoms with Crippen molar-refractivity contribution in [3.63, 3.8) is 0 Å². The second-order valence-electron chi connectivity index (χ2n) is 5.59. The second-order valence-corrected chi connectivity index (χ2v) is 6.57. The highest BCUT2D eigenvalue weighted by molar-refractivity contribution is 7.18. The molecule has 0 bridgehead atoms. The maximum absolute atomic E-state index is 13.8. The number of hydrogen-bond donors (Lipinski definition) is 2. The van der Waals surface area contributed by atoms with Crippen LogP contribution in [-0.2, 0) is 4.79 Å². The van der Waals surface area contributed by atoms with E-state index in [1.54, 1.807) is 18.2 Å². The molecule has 134 valence electrons. The average Bonchev–Trinajstić information content (AvgIpc) is 3.02. The fourth-order valence-electron chi connectivity index (χ4n) is 2.29. The minimum Gasteiger partial charge on any atom is -0.354 e. The molecule has 0 unspecified atom stereocenters. The van der Waals surface area contributed by atoms with Crippen LogP contribution in [0.25, 0.3) is 10.6 Å². The fraction of sp³-hybridized carbons (Fsp3) is 0.235. The molecule has 0 spiro atoms. The van der Waals surface area contributed by atoms with Gasteiger partial charge in [0.25, 0.3) is 0 Å². The van der Waals surface area contributed by atoms with Gasteiger partial charge in [0.15, 0.2) is 5.01 Å². The fourth-order valence-corrected chi connectivity index (χ4v) is 3.08. The maximum atomic E-state index is 13.8. The Bertz CT molecular complexity index is 909. The van der Waals surface area contributed by atoms with Crippen LogP contribution in [0.5, 0.6) is 0 Å². The van der Waals surface area contributed by atoms with E-state index in [4.69, 9.17) is 0 Å². The molecule has 0 atom stereocenters. The van der Waals surface area contributed by atoms with Crippen LogP contribution in [0.15, 0.2) is 30.3 Å². The molecular weight excluding hydrogens is 355 g/mol. The Kier molecular flexibility index (Phi) is 5.47. The van der Waals surface area contributed by atoms with Gasteiger partial charge in [-0.15, -0.1) is 10.2 Å². The lowest BCUT2D eigenvalue weighted by Crippen LogP contribution is -2.17. The van der Waals surface area contributed by atoms with Gasteiger partial charge in [-0.2, -0.15) is 0 Å².